The van der Waals surface area contributed by atoms with E-state index in [4.69, 9.17) is 4.74 Å². The molecule has 1 aliphatic heterocycles. The van der Waals surface area contributed by atoms with Crippen molar-refractivity contribution in [2.45, 2.75) is 37.5 Å². The van der Waals surface area contributed by atoms with Crippen LogP contribution in [-0.4, -0.2) is 41.3 Å². The van der Waals surface area contributed by atoms with Gasteiger partial charge in [0.05, 0.1) is 30.8 Å². The highest BCUT2D eigenvalue weighted by atomic mass is 32.2. The predicted molar refractivity (Wildman–Crippen MR) is 112 cm³/mol. The summed E-state index contributed by atoms with van der Waals surface area (Å²) in [6, 6.07) is 15.4. The first-order chi connectivity index (χ1) is 14.9. The zero-order valence-electron chi connectivity index (χ0n) is 17.2. The molecule has 1 atom stereocenters. The van der Waals surface area contributed by atoms with Crippen molar-refractivity contribution in [1.29, 1.82) is 0 Å². The van der Waals surface area contributed by atoms with Gasteiger partial charge < -0.3 is 9.64 Å². The van der Waals surface area contributed by atoms with Gasteiger partial charge in [-0.2, -0.15) is 0 Å². The van der Waals surface area contributed by atoms with Crippen LogP contribution in [-0.2, 0) is 34.5 Å². The van der Waals surface area contributed by atoms with Crippen LogP contribution in [0.3, 0.4) is 0 Å². The summed E-state index contributed by atoms with van der Waals surface area (Å²) >= 11 is 0. The summed E-state index contributed by atoms with van der Waals surface area (Å²) in [4.78, 5) is 14.6. The Labute approximate surface area is 180 Å². The molecule has 1 aliphatic rings. The fraction of sp³-hybridized carbons (Fsp3) is 0.286. The van der Waals surface area contributed by atoms with Crippen LogP contribution in [0.2, 0.25) is 0 Å². The molecular weight excluding hydrogens is 418 g/mol. The fourth-order valence-corrected chi connectivity index (χ4v) is 4.56. The van der Waals surface area contributed by atoms with Crippen LogP contribution < -0.4 is 9.46 Å². The highest BCUT2D eigenvalue weighted by Crippen LogP contribution is 2.25. The maximum atomic E-state index is 12.8. The quantitative estimate of drug-likeness (QED) is 0.600. The lowest BCUT2D eigenvalue weighted by atomic mass is 10.1. The number of ether oxygens (including phenoxy) is 1. The van der Waals surface area contributed by atoms with Crippen molar-refractivity contribution >= 4 is 15.9 Å². The highest BCUT2D eigenvalue weighted by Gasteiger charge is 2.33. The average Bonchev–Trinajstić information content (AvgIpc) is 3.19. The van der Waals surface area contributed by atoms with E-state index in [1.165, 1.54) is 19.2 Å². The lowest BCUT2D eigenvalue weighted by Crippen LogP contribution is -2.41. The second-order valence-corrected chi connectivity index (χ2v) is 9.05. The van der Waals surface area contributed by atoms with Crippen molar-refractivity contribution in [3.05, 3.63) is 71.5 Å². The summed E-state index contributed by atoms with van der Waals surface area (Å²) < 4.78 is 34.6. The van der Waals surface area contributed by atoms with Crippen LogP contribution in [0.4, 0.5) is 0 Å². The molecule has 0 spiro atoms. The molecule has 2 aromatic carbocycles. The van der Waals surface area contributed by atoms with Crippen molar-refractivity contribution in [1.82, 2.24) is 24.6 Å². The Hall–Kier alpha value is -3.24. The van der Waals surface area contributed by atoms with Crippen molar-refractivity contribution in [3.8, 4) is 5.75 Å². The molecule has 0 bridgehead atoms. The van der Waals surface area contributed by atoms with E-state index in [2.05, 4.69) is 15.0 Å². The van der Waals surface area contributed by atoms with Crippen LogP contribution >= 0.6 is 0 Å². The predicted octanol–water partition coefficient (Wildman–Crippen LogP) is 1.87. The molecule has 9 nitrogen and oxygen atoms in total. The number of benzene rings is 2. The van der Waals surface area contributed by atoms with Gasteiger partial charge in [0.25, 0.3) is 0 Å². The zero-order valence-corrected chi connectivity index (χ0v) is 18.0. The van der Waals surface area contributed by atoms with Gasteiger partial charge in [-0.15, -0.1) is 5.10 Å². The number of hydrogen-bond donors (Lipinski definition) is 1. The molecule has 10 heteroatoms. The maximum Gasteiger partial charge on any atom is 0.247 e. The summed E-state index contributed by atoms with van der Waals surface area (Å²) in [6.07, 6.45) is 0. The van der Waals surface area contributed by atoms with Gasteiger partial charge in [0.2, 0.25) is 15.9 Å². The van der Waals surface area contributed by atoms with Gasteiger partial charge in [0.1, 0.15) is 17.5 Å². The summed E-state index contributed by atoms with van der Waals surface area (Å²) in [5.41, 5.74) is 2.23. The molecule has 0 saturated heterocycles. The number of nitrogens with zero attached hydrogens (tertiary/aromatic N) is 4. The van der Waals surface area contributed by atoms with Crippen molar-refractivity contribution in [3.63, 3.8) is 0 Å². The molecule has 1 amide bonds. The fourth-order valence-electron chi connectivity index (χ4n) is 3.54. The van der Waals surface area contributed by atoms with Crippen LogP contribution in [0.25, 0.3) is 0 Å². The number of amides is 1. The van der Waals surface area contributed by atoms with Crippen LogP contribution in [0.5, 0.6) is 5.75 Å². The molecule has 1 unspecified atom stereocenters. The molecule has 3 aromatic rings. The lowest BCUT2D eigenvalue weighted by molar-refractivity contribution is -0.138. The first-order valence-corrected chi connectivity index (χ1v) is 11.3. The van der Waals surface area contributed by atoms with E-state index in [9.17, 15) is 13.2 Å². The van der Waals surface area contributed by atoms with Crippen LogP contribution in [0, 0.1) is 0 Å². The number of hydrogen-bond acceptors (Lipinski definition) is 6. The maximum absolute atomic E-state index is 12.8. The van der Waals surface area contributed by atoms with Gasteiger partial charge in [-0.1, -0.05) is 41.6 Å². The largest absolute Gasteiger partial charge is 0.497 e. The van der Waals surface area contributed by atoms with Gasteiger partial charge in [-0.3, -0.25) is 4.79 Å². The molecule has 0 fully saturated rings. The molecule has 0 aliphatic carbocycles. The molecular formula is C21H23N5O4S. The number of fused-ring (bicyclic) bond motifs is 1. The Morgan fingerprint density at radius 1 is 1.16 bits per heavy atom. The number of aromatic nitrogens is 3. The standard InChI is InChI=1S/C21H23N5O4S/c1-15-21(27)25(13-16-7-4-3-5-8-16)14-20-19(23-24-26(15)20)12-22-31(28,29)18-10-6-9-17(11-18)30-2/h3-11,15,22H,12-14H2,1-2H3. The minimum absolute atomic E-state index is 0.0328. The third-order valence-electron chi connectivity index (χ3n) is 5.25. The van der Waals surface area contributed by atoms with E-state index in [0.29, 0.717) is 24.5 Å². The number of methoxy groups -OCH3 is 1. The van der Waals surface area contributed by atoms with Gasteiger partial charge in [0.15, 0.2) is 0 Å². The highest BCUT2D eigenvalue weighted by molar-refractivity contribution is 7.89. The average molecular weight is 442 g/mol. The monoisotopic (exact) mass is 441 g/mol. The van der Waals surface area contributed by atoms with Crippen LogP contribution in [0.15, 0.2) is 59.5 Å². The van der Waals surface area contributed by atoms with E-state index in [-0.39, 0.29) is 17.3 Å². The minimum Gasteiger partial charge on any atom is -0.497 e. The van der Waals surface area contributed by atoms with E-state index < -0.39 is 16.1 Å². The van der Waals surface area contributed by atoms with Gasteiger partial charge in [-0.25, -0.2) is 17.8 Å². The third-order valence-corrected chi connectivity index (χ3v) is 6.64. The number of nitrogens with one attached hydrogen (secondary N) is 1. The molecule has 4 rings (SSSR count). The smallest absolute Gasteiger partial charge is 0.247 e. The normalized spacial score (nSPS) is 16.3. The Balaban J connectivity index is 1.53. The Kier molecular flexibility index (Phi) is 5.75. The SMILES string of the molecule is COc1cccc(S(=O)(=O)NCc2nnn3c2CN(Cc2ccccc2)C(=O)C3C)c1. The van der Waals surface area contributed by atoms with E-state index >= 15 is 0 Å². The Morgan fingerprint density at radius 3 is 2.68 bits per heavy atom. The van der Waals surface area contributed by atoms with E-state index in [0.717, 1.165) is 11.3 Å². The molecule has 1 aromatic heterocycles. The van der Waals surface area contributed by atoms with Crippen molar-refractivity contribution in [2.24, 2.45) is 0 Å². The summed E-state index contributed by atoms with van der Waals surface area (Å²) in [5, 5.41) is 8.23. The van der Waals surface area contributed by atoms with Gasteiger partial charge in [0, 0.05) is 12.6 Å². The topological polar surface area (TPSA) is 106 Å². The number of sulfonamides is 1. The summed E-state index contributed by atoms with van der Waals surface area (Å²) in [7, 11) is -2.29. The van der Waals surface area contributed by atoms with Crippen molar-refractivity contribution < 1.29 is 17.9 Å². The second-order valence-electron chi connectivity index (χ2n) is 7.29. The third kappa shape index (κ3) is 4.30. The summed E-state index contributed by atoms with van der Waals surface area (Å²) in [6.45, 7) is 2.50. The lowest BCUT2D eigenvalue weighted by Gasteiger charge is -2.31. The van der Waals surface area contributed by atoms with Crippen molar-refractivity contribution in [2.75, 3.05) is 7.11 Å². The first-order valence-electron chi connectivity index (χ1n) is 9.78. The first kappa shape index (κ1) is 21.0. The molecule has 0 saturated carbocycles. The number of carbonyl (C=O) groups is 1. The number of carbonyl (C=O) groups excluding carboxylic acids is 1. The Bertz CT molecular complexity index is 1190. The van der Waals surface area contributed by atoms with E-state index in [1.54, 1.807) is 28.6 Å². The molecule has 2 heterocycles. The number of rotatable bonds is 7. The second kappa shape index (κ2) is 8.48. The Morgan fingerprint density at radius 2 is 1.94 bits per heavy atom. The van der Waals surface area contributed by atoms with Gasteiger partial charge >= 0.3 is 0 Å². The molecule has 162 valence electrons. The van der Waals surface area contributed by atoms with E-state index in [1.807, 2.05) is 30.3 Å². The minimum atomic E-state index is -3.77. The molecule has 0 radical (unpaired) electrons. The van der Waals surface area contributed by atoms with Gasteiger partial charge in [-0.05, 0) is 24.6 Å². The molecule has 31 heavy (non-hydrogen) atoms. The van der Waals surface area contributed by atoms with Crippen LogP contribution in [0.1, 0.15) is 29.9 Å². The zero-order chi connectivity index (χ0) is 22.0. The summed E-state index contributed by atoms with van der Waals surface area (Å²) in [5.74, 6) is 0.401. The molecule has 1 N–H and O–H groups in total.